The summed E-state index contributed by atoms with van der Waals surface area (Å²) in [4.78, 5) is 15.2. The van der Waals surface area contributed by atoms with Gasteiger partial charge in [-0.1, -0.05) is 6.07 Å². The molecule has 4 nitrogen and oxygen atoms in total. The zero-order valence-corrected chi connectivity index (χ0v) is 10.6. The van der Waals surface area contributed by atoms with Crippen LogP contribution in [0.4, 0.5) is 18.9 Å². The Morgan fingerprint density at radius 1 is 1.55 bits per heavy atom. The number of amides is 1. The van der Waals surface area contributed by atoms with Crippen LogP contribution in [0, 0.1) is 17.2 Å². The van der Waals surface area contributed by atoms with Crippen LogP contribution < -0.4 is 5.32 Å². The first kappa shape index (κ1) is 15.7. The van der Waals surface area contributed by atoms with Crippen molar-refractivity contribution < 1.29 is 18.0 Å². The van der Waals surface area contributed by atoms with Crippen LogP contribution >= 0.6 is 0 Å². The average molecular weight is 283 g/mol. The van der Waals surface area contributed by atoms with Crippen molar-refractivity contribution in [2.24, 2.45) is 10.9 Å². The molecule has 0 saturated heterocycles. The van der Waals surface area contributed by atoms with Crippen molar-refractivity contribution in [2.45, 2.75) is 13.1 Å². The van der Waals surface area contributed by atoms with E-state index in [1.54, 1.807) is 13.0 Å². The molecular formula is C13H12F3N3O. The second kappa shape index (κ2) is 6.70. The van der Waals surface area contributed by atoms with Gasteiger partial charge in [0.15, 0.2) is 5.92 Å². The van der Waals surface area contributed by atoms with Gasteiger partial charge in [0.25, 0.3) is 0 Å². The van der Waals surface area contributed by atoms with E-state index in [9.17, 15) is 18.0 Å². The molecule has 106 valence electrons. The Morgan fingerprint density at radius 3 is 2.80 bits per heavy atom. The van der Waals surface area contributed by atoms with Gasteiger partial charge in [-0.05, 0) is 25.1 Å². The number of hydrogen-bond donors (Lipinski definition) is 1. The highest BCUT2D eigenvalue weighted by Gasteiger charge is 2.30. The van der Waals surface area contributed by atoms with Gasteiger partial charge in [0.05, 0.1) is 17.3 Å². The van der Waals surface area contributed by atoms with Crippen molar-refractivity contribution in [1.29, 1.82) is 5.26 Å². The molecule has 0 fully saturated rings. The number of nitriles is 1. The van der Waals surface area contributed by atoms with Crippen molar-refractivity contribution in [1.82, 2.24) is 5.32 Å². The van der Waals surface area contributed by atoms with Crippen molar-refractivity contribution in [2.75, 3.05) is 6.54 Å². The summed E-state index contributed by atoms with van der Waals surface area (Å²) in [7, 11) is 0. The molecule has 1 N–H and O–H groups in total. The number of rotatable bonds is 4. The summed E-state index contributed by atoms with van der Waals surface area (Å²) < 4.78 is 37.5. The van der Waals surface area contributed by atoms with Crippen molar-refractivity contribution in [3.8, 4) is 6.07 Å². The molecule has 1 atom stereocenters. The fraction of sp³-hybridized carbons (Fsp3) is 0.308. The molecule has 0 aromatic heterocycles. The standard InChI is InChI=1S/C13H12F3N3O/c1-2-18-12(20)9(7-17)8-19-11-5-3-4-10(6-11)13(14,15)16/h3-6,8-9H,2H2,1H3,(H,18,20). The minimum Gasteiger partial charge on any atom is -0.355 e. The Kier molecular flexibility index (Phi) is 5.26. The van der Waals surface area contributed by atoms with Gasteiger partial charge in [0.2, 0.25) is 5.91 Å². The molecule has 0 aliphatic heterocycles. The topological polar surface area (TPSA) is 65.2 Å². The van der Waals surface area contributed by atoms with Crippen molar-refractivity contribution in [3.63, 3.8) is 0 Å². The number of hydrogen-bond acceptors (Lipinski definition) is 3. The third kappa shape index (κ3) is 4.39. The molecule has 7 heteroatoms. The normalized spacial score (nSPS) is 12.9. The van der Waals surface area contributed by atoms with E-state index in [4.69, 9.17) is 5.26 Å². The zero-order chi connectivity index (χ0) is 15.2. The maximum absolute atomic E-state index is 12.5. The Labute approximate surface area is 113 Å². The minimum atomic E-state index is -4.46. The third-order valence-corrected chi connectivity index (χ3v) is 2.32. The number of benzene rings is 1. The van der Waals surface area contributed by atoms with Crippen LogP contribution in [0.3, 0.4) is 0 Å². The number of halogens is 3. The molecule has 0 radical (unpaired) electrons. The lowest BCUT2D eigenvalue weighted by Crippen LogP contribution is -2.30. The van der Waals surface area contributed by atoms with Gasteiger partial charge in [0, 0.05) is 12.8 Å². The summed E-state index contributed by atoms with van der Waals surface area (Å²) in [5.74, 6) is -1.67. The quantitative estimate of drug-likeness (QED) is 0.863. The third-order valence-electron chi connectivity index (χ3n) is 2.32. The first-order chi connectivity index (χ1) is 9.38. The molecule has 20 heavy (non-hydrogen) atoms. The lowest BCUT2D eigenvalue weighted by atomic mass is 10.1. The number of nitrogens with zero attached hydrogens (tertiary/aromatic N) is 2. The van der Waals surface area contributed by atoms with Gasteiger partial charge in [-0.3, -0.25) is 9.79 Å². The Balaban J connectivity index is 2.90. The van der Waals surface area contributed by atoms with Gasteiger partial charge in [0.1, 0.15) is 0 Å². The molecule has 0 aliphatic carbocycles. The number of nitrogens with one attached hydrogen (secondary N) is 1. The summed E-state index contributed by atoms with van der Waals surface area (Å²) in [5.41, 5.74) is -0.803. The molecule has 0 heterocycles. The van der Waals surface area contributed by atoms with Gasteiger partial charge >= 0.3 is 6.18 Å². The number of aliphatic imine (C=N–C) groups is 1. The molecule has 1 aromatic rings. The van der Waals surface area contributed by atoms with E-state index in [0.717, 1.165) is 18.3 Å². The predicted octanol–water partition coefficient (Wildman–Crippen LogP) is 2.68. The molecule has 1 rings (SSSR count). The Morgan fingerprint density at radius 2 is 2.25 bits per heavy atom. The second-order valence-corrected chi connectivity index (χ2v) is 3.83. The summed E-state index contributed by atoms with van der Waals surface area (Å²) in [6, 6.07) is 6.06. The number of carbonyl (C=O) groups is 1. The van der Waals surface area contributed by atoms with Crippen molar-refractivity contribution >= 4 is 17.8 Å². The summed E-state index contributed by atoms with van der Waals surface area (Å²) in [6.07, 6.45) is -3.43. The van der Waals surface area contributed by atoms with Gasteiger partial charge in [-0.25, -0.2) is 0 Å². The summed E-state index contributed by atoms with van der Waals surface area (Å²) in [6.45, 7) is 2.05. The lowest BCUT2D eigenvalue weighted by Gasteiger charge is -2.07. The van der Waals surface area contributed by atoms with Crippen LogP contribution in [-0.2, 0) is 11.0 Å². The van der Waals surface area contributed by atoms with E-state index in [1.807, 2.05) is 0 Å². The average Bonchev–Trinajstić information content (AvgIpc) is 2.39. The monoisotopic (exact) mass is 283 g/mol. The Hall–Kier alpha value is -2.36. The number of alkyl halides is 3. The van der Waals surface area contributed by atoms with Crippen LogP contribution in [0.25, 0.3) is 0 Å². The highest BCUT2D eigenvalue weighted by atomic mass is 19.4. The summed E-state index contributed by atoms with van der Waals surface area (Å²) >= 11 is 0. The highest BCUT2D eigenvalue weighted by Crippen LogP contribution is 2.31. The fourth-order valence-electron chi connectivity index (χ4n) is 1.37. The van der Waals surface area contributed by atoms with Crippen LogP contribution in [0.15, 0.2) is 29.3 Å². The fourth-order valence-corrected chi connectivity index (χ4v) is 1.37. The largest absolute Gasteiger partial charge is 0.416 e. The molecule has 0 saturated carbocycles. The van der Waals surface area contributed by atoms with E-state index in [0.29, 0.717) is 6.54 Å². The van der Waals surface area contributed by atoms with Crippen LogP contribution in [0.5, 0.6) is 0 Å². The van der Waals surface area contributed by atoms with Gasteiger partial charge in [-0.2, -0.15) is 18.4 Å². The molecular weight excluding hydrogens is 271 g/mol. The molecule has 0 spiro atoms. The van der Waals surface area contributed by atoms with E-state index in [2.05, 4.69) is 10.3 Å². The van der Waals surface area contributed by atoms with Gasteiger partial charge in [-0.15, -0.1) is 0 Å². The van der Waals surface area contributed by atoms with Crippen LogP contribution in [0.2, 0.25) is 0 Å². The SMILES string of the molecule is CCNC(=O)C(C#N)C=Nc1cccc(C(F)(F)F)c1. The molecule has 1 amide bonds. The summed E-state index contributed by atoms with van der Waals surface area (Å²) in [5, 5.41) is 11.2. The molecule has 0 bridgehead atoms. The maximum Gasteiger partial charge on any atom is 0.416 e. The van der Waals surface area contributed by atoms with E-state index in [-0.39, 0.29) is 5.69 Å². The molecule has 1 unspecified atom stereocenters. The van der Waals surface area contributed by atoms with E-state index < -0.39 is 23.6 Å². The van der Waals surface area contributed by atoms with Crippen molar-refractivity contribution in [3.05, 3.63) is 29.8 Å². The molecule has 1 aromatic carbocycles. The van der Waals surface area contributed by atoms with Crippen LogP contribution in [0.1, 0.15) is 12.5 Å². The van der Waals surface area contributed by atoms with E-state index in [1.165, 1.54) is 12.1 Å². The second-order valence-electron chi connectivity index (χ2n) is 3.83. The van der Waals surface area contributed by atoms with Crippen LogP contribution in [-0.4, -0.2) is 18.7 Å². The first-order valence-electron chi connectivity index (χ1n) is 5.77. The van der Waals surface area contributed by atoms with E-state index >= 15 is 0 Å². The Bertz CT molecular complexity index is 547. The maximum atomic E-state index is 12.5. The highest BCUT2D eigenvalue weighted by molar-refractivity contribution is 5.96. The smallest absolute Gasteiger partial charge is 0.355 e. The predicted molar refractivity (Wildman–Crippen MR) is 67.4 cm³/mol. The van der Waals surface area contributed by atoms with Gasteiger partial charge < -0.3 is 5.32 Å². The molecule has 0 aliphatic rings. The number of carbonyl (C=O) groups excluding carboxylic acids is 1. The first-order valence-corrected chi connectivity index (χ1v) is 5.77. The lowest BCUT2D eigenvalue weighted by molar-refractivity contribution is -0.137. The minimum absolute atomic E-state index is 0.0318. The zero-order valence-electron chi connectivity index (χ0n) is 10.6.